The van der Waals surface area contributed by atoms with Gasteiger partial charge in [-0.1, -0.05) is 27.3 Å². The minimum atomic E-state index is -4.26. The van der Waals surface area contributed by atoms with Gasteiger partial charge in [-0.3, -0.25) is 0 Å². The summed E-state index contributed by atoms with van der Waals surface area (Å²) in [5.41, 5.74) is 8.01. The van der Waals surface area contributed by atoms with E-state index in [0.29, 0.717) is 22.4 Å². The van der Waals surface area contributed by atoms with Crippen LogP contribution in [0.5, 0.6) is 5.75 Å². The number of hydrogen-bond donors (Lipinski definition) is 2. The quantitative estimate of drug-likeness (QED) is 0.119. The molecule has 0 atom stereocenters. The third-order valence-electron chi connectivity index (χ3n) is 8.08. The van der Waals surface area contributed by atoms with Crippen LogP contribution in [0.15, 0.2) is 103 Å². The van der Waals surface area contributed by atoms with Crippen LogP contribution in [0, 0.1) is 11.8 Å². The zero-order chi connectivity index (χ0) is 31.2. The Balaban J connectivity index is 1.34. The number of aliphatic hydroxyl groups excluding tert-OH is 2. The van der Waals surface area contributed by atoms with E-state index in [4.69, 9.17) is 4.74 Å². The van der Waals surface area contributed by atoms with Gasteiger partial charge in [0, 0.05) is 47.7 Å². The van der Waals surface area contributed by atoms with Crippen LogP contribution in [0.2, 0.25) is 0 Å². The maximum absolute atomic E-state index is 10.9. The molecule has 2 aromatic carbocycles. The number of ether oxygens (including phenoxy) is 1. The lowest BCUT2D eigenvalue weighted by Gasteiger charge is -2.09. The molecule has 7 rings (SSSR count). The van der Waals surface area contributed by atoms with Crippen molar-refractivity contribution in [2.24, 2.45) is 0 Å². The van der Waals surface area contributed by atoms with Crippen molar-refractivity contribution in [2.45, 2.75) is 25.4 Å². The molecule has 0 amide bonds. The summed E-state index contributed by atoms with van der Waals surface area (Å²) in [6.07, 6.45) is 4.19. The highest BCUT2D eigenvalue weighted by Crippen LogP contribution is 2.35. The number of pyridine rings is 3. The van der Waals surface area contributed by atoms with Gasteiger partial charge in [-0.15, -0.1) is 0 Å². The zero-order valence-electron chi connectivity index (χ0n) is 24.1. The van der Waals surface area contributed by atoms with E-state index in [2.05, 4.69) is 49.8 Å². The third kappa shape index (κ3) is 5.06. The molecule has 0 bridgehead atoms. The van der Waals surface area contributed by atoms with Crippen molar-refractivity contribution < 1.29 is 41.6 Å². The minimum absolute atomic E-state index is 0.132. The Morgan fingerprint density at radius 2 is 1.36 bits per heavy atom. The first kappa shape index (κ1) is 28.8. The molecule has 0 aliphatic carbocycles. The van der Waals surface area contributed by atoms with Crippen molar-refractivity contribution in [1.29, 1.82) is 0 Å². The van der Waals surface area contributed by atoms with Crippen LogP contribution in [-0.4, -0.2) is 35.5 Å². The number of fused-ring (bicyclic) bond motifs is 6. The predicted molar refractivity (Wildman–Crippen MR) is 162 cm³/mol. The smallest absolute Gasteiger partial charge is 0.630 e. The van der Waals surface area contributed by atoms with Gasteiger partial charge in [0.2, 0.25) is 0 Å². The van der Waals surface area contributed by atoms with Gasteiger partial charge in [-0.25, -0.2) is 8.42 Å². The highest BCUT2D eigenvalue weighted by Gasteiger charge is 2.74. The fourth-order valence-electron chi connectivity index (χ4n) is 6.17. The van der Waals surface area contributed by atoms with Crippen LogP contribution >= 0.6 is 0 Å². The van der Waals surface area contributed by atoms with Crippen molar-refractivity contribution >= 4 is 10.1 Å². The molecule has 9 nitrogen and oxygen atoms in total. The van der Waals surface area contributed by atoms with Crippen molar-refractivity contribution in [3.63, 3.8) is 0 Å². The Labute approximate surface area is 260 Å². The molecule has 0 radical (unpaired) electrons. The van der Waals surface area contributed by atoms with E-state index in [9.17, 15) is 23.2 Å². The molecule has 3 aromatic heterocycles. The fourth-order valence-corrected chi connectivity index (χ4v) is 6.64. The summed E-state index contributed by atoms with van der Waals surface area (Å²) in [5.74, 6) is 6.16. The average Bonchev–Trinajstić information content (AvgIpc) is 3.51. The van der Waals surface area contributed by atoms with Gasteiger partial charge in [0.05, 0.1) is 29.9 Å². The second-order valence-electron chi connectivity index (χ2n) is 11.0. The van der Waals surface area contributed by atoms with E-state index in [1.807, 2.05) is 73.1 Å². The van der Waals surface area contributed by atoms with Crippen molar-refractivity contribution in [1.82, 2.24) is 0 Å². The van der Waals surface area contributed by atoms with Crippen LogP contribution in [0.1, 0.15) is 23.1 Å². The number of nitrogens with zero attached hydrogens (tertiary/aromatic N) is 3. The Morgan fingerprint density at radius 3 is 1.91 bits per heavy atom. The van der Waals surface area contributed by atoms with Gasteiger partial charge in [0.25, 0.3) is 22.8 Å². The maximum Gasteiger partial charge on any atom is 0.630 e. The van der Waals surface area contributed by atoms with E-state index < -0.39 is 21.7 Å². The second-order valence-corrected chi connectivity index (χ2v) is 12.5. The summed E-state index contributed by atoms with van der Waals surface area (Å²) in [7, 11) is -4.26. The van der Waals surface area contributed by atoms with Gasteiger partial charge in [0.15, 0.2) is 12.4 Å². The highest BCUT2D eigenvalue weighted by molar-refractivity contribution is 7.85. The van der Waals surface area contributed by atoms with Crippen molar-refractivity contribution in [3.8, 4) is 51.5 Å². The molecule has 0 saturated carbocycles. The molecule has 0 spiro atoms. The molecule has 224 valence electrons. The molecule has 2 aliphatic heterocycles. The van der Waals surface area contributed by atoms with Crippen molar-refractivity contribution in [2.75, 3.05) is 12.4 Å². The molecule has 0 fully saturated rings. The number of rotatable bonds is 8. The second kappa shape index (κ2) is 11.2. The van der Waals surface area contributed by atoms with Gasteiger partial charge in [-0.05, 0) is 75.6 Å². The first-order valence-corrected chi connectivity index (χ1v) is 16.1. The molecule has 2 aliphatic rings. The molecule has 10 heteroatoms. The topological polar surface area (TPSA) is 119 Å². The molecular formula is C35H29N3O6S+2. The van der Waals surface area contributed by atoms with Gasteiger partial charge in [-0.2, -0.15) is 0 Å². The standard InChI is InChI=1S/C35H29N3O6S/c39-23-26-18-25(19-27(20-26)24-40)12-13-35-36-14-3-1-6-31(36)33-21-29(22-34(38(33)35)32-7-2-4-15-37(32)35)28-8-10-30(11-9-28)44-16-5-17-45(41,42)43/h1-4,6-11,14-15,18-22,39-40H,5,16-17,23-24H2/q+2. The van der Waals surface area contributed by atoms with Crippen LogP contribution in [-0.2, 0) is 29.1 Å². The maximum atomic E-state index is 10.9. The lowest BCUT2D eigenvalue weighted by molar-refractivity contribution is -1.11. The van der Waals surface area contributed by atoms with Crippen LogP contribution < -0.4 is 18.4 Å². The summed E-state index contributed by atoms with van der Waals surface area (Å²) in [4.78, 5) is 0. The minimum Gasteiger partial charge on any atom is -0.748 e. The Bertz CT molecular complexity index is 2040. The highest BCUT2D eigenvalue weighted by atomic mass is 32.2. The van der Waals surface area contributed by atoms with Gasteiger partial charge in [0.1, 0.15) is 11.7 Å². The lowest BCUT2D eigenvalue weighted by Crippen LogP contribution is -2.80. The summed E-state index contributed by atoms with van der Waals surface area (Å²) in [5, 5.41) is 19.6. The number of benzene rings is 2. The first-order valence-electron chi connectivity index (χ1n) is 14.5. The summed E-state index contributed by atoms with van der Waals surface area (Å²) in [6.45, 7) is -0.157. The normalized spacial score (nSPS) is 13.4. The molecule has 0 saturated heterocycles. The van der Waals surface area contributed by atoms with Crippen LogP contribution in [0.3, 0.4) is 0 Å². The van der Waals surface area contributed by atoms with Gasteiger partial charge < -0.3 is 19.5 Å². The average molecular weight is 620 g/mol. The summed E-state index contributed by atoms with van der Waals surface area (Å²) < 4.78 is 44.8. The SMILES string of the molecule is O=S(=O)([O-])CCCOc1ccc(-c2cc3[n+]4c(c2)-c2cccc[n+]2C4(C#Cc2cc(CO)cc(CO)c2)[n+]2ccccc2-3)cc1. The summed E-state index contributed by atoms with van der Waals surface area (Å²) >= 11 is 0. The van der Waals surface area contributed by atoms with Crippen LogP contribution in [0.4, 0.5) is 0 Å². The summed E-state index contributed by atoms with van der Waals surface area (Å²) in [6, 6.07) is 29.5. The van der Waals surface area contributed by atoms with E-state index in [1.54, 1.807) is 6.07 Å². The Morgan fingerprint density at radius 1 is 0.756 bits per heavy atom. The number of aromatic nitrogens is 3. The van der Waals surface area contributed by atoms with Crippen molar-refractivity contribution in [3.05, 3.63) is 120 Å². The van der Waals surface area contributed by atoms with E-state index >= 15 is 0 Å². The predicted octanol–water partition coefficient (Wildman–Crippen LogP) is 2.23. The Kier molecular flexibility index (Phi) is 7.19. The number of aliphatic hydroxyl groups is 2. The van der Waals surface area contributed by atoms with E-state index in [0.717, 1.165) is 33.9 Å². The molecule has 5 heterocycles. The first-order chi connectivity index (χ1) is 21.8. The largest absolute Gasteiger partial charge is 0.748 e. The molecule has 2 N–H and O–H groups in total. The third-order valence-corrected chi connectivity index (χ3v) is 8.87. The van der Waals surface area contributed by atoms with Gasteiger partial charge >= 0.3 is 5.79 Å². The monoisotopic (exact) mass is 619 g/mol. The molecule has 0 unspecified atom stereocenters. The van der Waals surface area contributed by atoms with E-state index in [1.165, 1.54) is 0 Å². The Hall–Kier alpha value is -4.92. The van der Waals surface area contributed by atoms with E-state index in [-0.39, 0.29) is 26.2 Å². The molecular weight excluding hydrogens is 590 g/mol. The zero-order valence-corrected chi connectivity index (χ0v) is 24.9. The molecule has 45 heavy (non-hydrogen) atoms. The van der Waals surface area contributed by atoms with Crippen LogP contribution in [0.25, 0.3) is 33.9 Å². The lowest BCUT2D eigenvalue weighted by atomic mass is 10.0. The molecule has 5 aromatic rings. The fraction of sp³-hybridized carbons (Fsp3) is 0.171. The number of hydrogen-bond acceptors (Lipinski definition) is 6.